The molecule has 86 valence electrons. The summed E-state index contributed by atoms with van der Waals surface area (Å²) in [6, 6.07) is 0. The third kappa shape index (κ3) is 3.15. The Kier molecular flexibility index (Phi) is 4.07. The second-order valence-electron chi connectivity index (χ2n) is 3.58. The lowest BCUT2D eigenvalue weighted by Crippen LogP contribution is -2.16. The molecule has 0 bridgehead atoms. The third-order valence-corrected chi connectivity index (χ3v) is 3.47. The molecule has 0 atom stereocenters. The summed E-state index contributed by atoms with van der Waals surface area (Å²) >= 11 is 1.79. The van der Waals surface area contributed by atoms with E-state index in [0.29, 0.717) is 0 Å². The van der Waals surface area contributed by atoms with Crippen LogP contribution in [0.2, 0.25) is 0 Å². The number of aromatic nitrogens is 3. The van der Waals surface area contributed by atoms with Crippen molar-refractivity contribution in [3.8, 4) is 0 Å². The molecule has 2 rings (SSSR count). The van der Waals surface area contributed by atoms with Crippen molar-refractivity contribution in [2.75, 3.05) is 6.54 Å². The average Bonchev–Trinajstić information content (AvgIpc) is 2.95. The molecule has 0 aliphatic carbocycles. The summed E-state index contributed by atoms with van der Waals surface area (Å²) in [7, 11) is 0. The first kappa shape index (κ1) is 11.3. The second-order valence-corrected chi connectivity index (χ2v) is 4.78. The van der Waals surface area contributed by atoms with Gasteiger partial charge in [0.2, 0.25) is 0 Å². The minimum absolute atomic E-state index is 0.909. The van der Waals surface area contributed by atoms with Gasteiger partial charge in [-0.05, 0) is 6.42 Å². The highest BCUT2D eigenvalue weighted by Crippen LogP contribution is 2.12. The number of hydrogen-bond donors (Lipinski definition) is 2. The van der Waals surface area contributed by atoms with Gasteiger partial charge < -0.3 is 10.3 Å². The molecule has 0 unspecified atom stereocenters. The fourth-order valence-corrected chi connectivity index (χ4v) is 2.28. The van der Waals surface area contributed by atoms with Crippen molar-refractivity contribution < 1.29 is 0 Å². The van der Waals surface area contributed by atoms with Crippen molar-refractivity contribution in [1.82, 2.24) is 20.3 Å². The highest BCUT2D eigenvalue weighted by atomic mass is 32.1. The van der Waals surface area contributed by atoms with Gasteiger partial charge in [-0.15, -0.1) is 11.3 Å². The summed E-state index contributed by atoms with van der Waals surface area (Å²) < 4.78 is 0. The summed E-state index contributed by atoms with van der Waals surface area (Å²) in [6.45, 7) is 4.00. The number of hydrogen-bond acceptors (Lipinski definition) is 4. The Morgan fingerprint density at radius 3 is 3.06 bits per heavy atom. The van der Waals surface area contributed by atoms with Gasteiger partial charge in [0.1, 0.15) is 0 Å². The van der Waals surface area contributed by atoms with Crippen molar-refractivity contribution in [3.05, 3.63) is 34.3 Å². The van der Waals surface area contributed by atoms with Crippen molar-refractivity contribution in [2.45, 2.75) is 26.3 Å². The Morgan fingerprint density at radius 1 is 1.44 bits per heavy atom. The van der Waals surface area contributed by atoms with Gasteiger partial charge in [0.15, 0.2) is 0 Å². The molecule has 0 aromatic carbocycles. The standard InChI is InChI=1S/C11H16N4S/c1-2-11-14-7-10(16-11)6-12-4-3-9-5-13-8-15-9/h5,7-8,12H,2-4,6H2,1H3,(H,13,15). The maximum Gasteiger partial charge on any atom is 0.0925 e. The van der Waals surface area contributed by atoms with Crippen molar-refractivity contribution >= 4 is 11.3 Å². The molecule has 4 nitrogen and oxygen atoms in total. The zero-order chi connectivity index (χ0) is 11.2. The van der Waals surface area contributed by atoms with Gasteiger partial charge in [-0.1, -0.05) is 6.92 Å². The smallest absolute Gasteiger partial charge is 0.0925 e. The van der Waals surface area contributed by atoms with Crippen LogP contribution in [-0.2, 0) is 19.4 Å². The predicted molar refractivity (Wildman–Crippen MR) is 65.5 cm³/mol. The maximum absolute atomic E-state index is 4.33. The van der Waals surface area contributed by atoms with E-state index in [1.165, 1.54) is 15.6 Å². The van der Waals surface area contributed by atoms with Crippen LogP contribution in [0.1, 0.15) is 22.5 Å². The lowest BCUT2D eigenvalue weighted by Gasteiger charge is -2.00. The lowest BCUT2D eigenvalue weighted by atomic mass is 10.3. The van der Waals surface area contributed by atoms with Crippen molar-refractivity contribution in [3.63, 3.8) is 0 Å². The fourth-order valence-electron chi connectivity index (χ4n) is 1.45. The average molecular weight is 236 g/mol. The van der Waals surface area contributed by atoms with E-state index >= 15 is 0 Å². The van der Waals surface area contributed by atoms with Crippen molar-refractivity contribution in [2.24, 2.45) is 0 Å². The number of aryl methyl sites for hydroxylation is 1. The van der Waals surface area contributed by atoms with E-state index in [0.717, 1.165) is 25.9 Å². The third-order valence-electron chi connectivity index (χ3n) is 2.33. The van der Waals surface area contributed by atoms with Crippen LogP contribution in [0, 0.1) is 0 Å². The molecule has 0 radical (unpaired) electrons. The second kappa shape index (κ2) is 5.77. The van der Waals surface area contributed by atoms with Crippen LogP contribution in [0.3, 0.4) is 0 Å². The molecule has 2 heterocycles. The van der Waals surface area contributed by atoms with Gasteiger partial charge in [0.25, 0.3) is 0 Å². The number of imidazole rings is 1. The summed E-state index contributed by atoms with van der Waals surface area (Å²) in [5.41, 5.74) is 1.17. The summed E-state index contributed by atoms with van der Waals surface area (Å²) in [5.74, 6) is 0. The van der Waals surface area contributed by atoms with Crippen LogP contribution in [0.15, 0.2) is 18.7 Å². The van der Waals surface area contributed by atoms with Crippen LogP contribution < -0.4 is 5.32 Å². The minimum atomic E-state index is 0.909. The molecule has 0 amide bonds. The van der Waals surface area contributed by atoms with Gasteiger partial charge in [-0.25, -0.2) is 9.97 Å². The molecule has 5 heteroatoms. The highest BCUT2D eigenvalue weighted by molar-refractivity contribution is 7.11. The zero-order valence-electron chi connectivity index (χ0n) is 9.36. The van der Waals surface area contributed by atoms with E-state index < -0.39 is 0 Å². The molecule has 0 aliphatic rings. The fraction of sp³-hybridized carbons (Fsp3) is 0.455. The Balaban J connectivity index is 1.68. The van der Waals surface area contributed by atoms with Gasteiger partial charge in [0.05, 0.1) is 11.3 Å². The molecule has 0 spiro atoms. The Hall–Kier alpha value is -1.20. The number of rotatable bonds is 6. The topological polar surface area (TPSA) is 53.6 Å². The van der Waals surface area contributed by atoms with Crippen molar-refractivity contribution in [1.29, 1.82) is 0 Å². The first-order valence-electron chi connectivity index (χ1n) is 5.50. The first-order chi connectivity index (χ1) is 7.88. The molecule has 0 fully saturated rings. The van der Waals surface area contributed by atoms with E-state index in [1.807, 2.05) is 12.4 Å². The molecule has 0 aliphatic heterocycles. The van der Waals surface area contributed by atoms with Crippen LogP contribution in [0.4, 0.5) is 0 Å². The molecule has 2 aromatic heterocycles. The minimum Gasteiger partial charge on any atom is -0.348 e. The zero-order valence-corrected chi connectivity index (χ0v) is 10.2. The Bertz CT molecular complexity index is 407. The van der Waals surface area contributed by atoms with E-state index in [1.54, 1.807) is 17.7 Å². The number of nitrogens with zero attached hydrogens (tertiary/aromatic N) is 2. The number of thiazole rings is 1. The molecular formula is C11H16N4S. The highest BCUT2D eigenvalue weighted by Gasteiger charge is 1.99. The van der Waals surface area contributed by atoms with Crippen LogP contribution in [0.5, 0.6) is 0 Å². The first-order valence-corrected chi connectivity index (χ1v) is 6.31. The molecule has 16 heavy (non-hydrogen) atoms. The summed E-state index contributed by atoms with van der Waals surface area (Å²) in [6.07, 6.45) is 7.56. The van der Waals surface area contributed by atoms with E-state index in [4.69, 9.17) is 0 Å². The largest absolute Gasteiger partial charge is 0.348 e. The summed E-state index contributed by atoms with van der Waals surface area (Å²) in [4.78, 5) is 12.7. The van der Waals surface area contributed by atoms with E-state index in [2.05, 4.69) is 27.2 Å². The number of H-pyrrole nitrogens is 1. The van der Waals surface area contributed by atoms with Crippen LogP contribution >= 0.6 is 11.3 Å². The van der Waals surface area contributed by atoms with E-state index in [9.17, 15) is 0 Å². The van der Waals surface area contributed by atoms with Gasteiger partial charge >= 0.3 is 0 Å². The number of aromatic amines is 1. The van der Waals surface area contributed by atoms with Crippen LogP contribution in [-0.4, -0.2) is 21.5 Å². The van der Waals surface area contributed by atoms with Gasteiger partial charge in [0, 0.05) is 42.5 Å². The Labute approximate surface area is 99.2 Å². The molecule has 0 saturated heterocycles. The lowest BCUT2D eigenvalue weighted by molar-refractivity contribution is 0.687. The number of nitrogens with one attached hydrogen (secondary N) is 2. The van der Waals surface area contributed by atoms with Gasteiger partial charge in [-0.2, -0.15) is 0 Å². The Morgan fingerprint density at radius 2 is 2.38 bits per heavy atom. The summed E-state index contributed by atoms with van der Waals surface area (Å²) in [5, 5.41) is 4.61. The van der Waals surface area contributed by atoms with Gasteiger partial charge in [-0.3, -0.25) is 0 Å². The quantitative estimate of drug-likeness (QED) is 0.751. The monoisotopic (exact) mass is 236 g/mol. The maximum atomic E-state index is 4.33. The molecule has 2 aromatic rings. The molecular weight excluding hydrogens is 220 g/mol. The van der Waals surface area contributed by atoms with Crippen LogP contribution in [0.25, 0.3) is 0 Å². The normalized spacial score (nSPS) is 10.8. The molecule has 0 saturated carbocycles. The van der Waals surface area contributed by atoms with E-state index in [-0.39, 0.29) is 0 Å². The molecule has 2 N–H and O–H groups in total. The predicted octanol–water partition coefficient (Wildman–Crippen LogP) is 1.76. The SMILES string of the molecule is CCc1ncc(CNCCc2cnc[nH]2)s1.